The van der Waals surface area contributed by atoms with E-state index in [4.69, 9.17) is 11.6 Å². The number of benzene rings is 2. The first-order valence-electron chi connectivity index (χ1n) is 14.8. The third-order valence-electron chi connectivity index (χ3n) is 9.74. The molecule has 3 fully saturated rings. The van der Waals surface area contributed by atoms with E-state index in [2.05, 4.69) is 52.3 Å². The van der Waals surface area contributed by atoms with Gasteiger partial charge in [-0.2, -0.15) is 0 Å². The molecule has 6 nitrogen and oxygen atoms in total. The molecule has 4 aliphatic heterocycles. The fraction of sp³-hybridized carbons (Fsp3) is 0.455. The van der Waals surface area contributed by atoms with E-state index in [9.17, 15) is 14.7 Å². The lowest BCUT2D eigenvalue weighted by atomic mass is 9.61. The van der Waals surface area contributed by atoms with Crippen molar-refractivity contribution in [3.8, 4) is 0 Å². The molecule has 2 aromatic carbocycles. The summed E-state index contributed by atoms with van der Waals surface area (Å²) < 4.78 is 1.15. The van der Waals surface area contributed by atoms with Crippen LogP contribution in [0.4, 0.5) is 0 Å². The number of amides is 2. The SMILES string of the molecule is CN1C(=O)C2C(C1=O)C1C=C(CCCO)C2C(c2ccc(CN3CCCC3)cc2)N1Cc1sc2ccccc2c1Cl. The van der Waals surface area contributed by atoms with E-state index in [0.717, 1.165) is 46.0 Å². The molecule has 1 aromatic heterocycles. The summed E-state index contributed by atoms with van der Waals surface area (Å²) in [6.07, 6.45) is 6.16. The van der Waals surface area contributed by atoms with Crippen molar-refractivity contribution in [2.45, 2.75) is 50.9 Å². The van der Waals surface area contributed by atoms with Gasteiger partial charge in [-0.1, -0.05) is 65.7 Å². The number of imide groups is 1. The maximum Gasteiger partial charge on any atom is 0.234 e. The predicted octanol–water partition coefficient (Wildman–Crippen LogP) is 5.64. The van der Waals surface area contributed by atoms with E-state index in [-0.39, 0.29) is 42.3 Å². The number of likely N-dealkylation sites (tertiary alicyclic amines) is 2. The third kappa shape index (κ3) is 4.57. The van der Waals surface area contributed by atoms with E-state index in [0.29, 0.717) is 13.0 Å². The van der Waals surface area contributed by atoms with Crippen molar-refractivity contribution in [2.24, 2.45) is 17.8 Å². The molecule has 41 heavy (non-hydrogen) atoms. The van der Waals surface area contributed by atoms with Crippen LogP contribution in [0.25, 0.3) is 10.1 Å². The van der Waals surface area contributed by atoms with Crippen molar-refractivity contribution >= 4 is 44.8 Å². The number of aliphatic hydroxyl groups excluding tert-OH is 1. The monoisotopic (exact) mass is 589 g/mol. The summed E-state index contributed by atoms with van der Waals surface area (Å²) in [6.45, 7) is 3.99. The largest absolute Gasteiger partial charge is 0.396 e. The molecule has 5 atom stereocenters. The van der Waals surface area contributed by atoms with Crippen molar-refractivity contribution in [3.05, 3.63) is 81.2 Å². The highest BCUT2D eigenvalue weighted by atomic mass is 35.5. The van der Waals surface area contributed by atoms with E-state index in [1.807, 2.05) is 12.1 Å². The fourth-order valence-electron chi connectivity index (χ4n) is 7.84. The molecule has 3 saturated heterocycles. The lowest BCUT2D eigenvalue weighted by Gasteiger charge is -2.55. The van der Waals surface area contributed by atoms with Crippen LogP contribution in [0.5, 0.6) is 0 Å². The van der Waals surface area contributed by atoms with Gasteiger partial charge in [0.25, 0.3) is 0 Å². The van der Waals surface area contributed by atoms with E-state index in [1.54, 1.807) is 18.4 Å². The summed E-state index contributed by atoms with van der Waals surface area (Å²) in [5, 5.41) is 11.5. The molecule has 5 unspecified atom stereocenters. The number of piperidine rings is 1. The van der Waals surface area contributed by atoms with Crippen LogP contribution in [-0.2, 0) is 22.7 Å². The number of halogens is 1. The maximum absolute atomic E-state index is 13.6. The Labute approximate surface area is 250 Å². The van der Waals surface area contributed by atoms with Gasteiger partial charge < -0.3 is 5.11 Å². The van der Waals surface area contributed by atoms with Crippen LogP contribution in [0, 0.1) is 17.8 Å². The van der Waals surface area contributed by atoms with Crippen molar-refractivity contribution < 1.29 is 14.7 Å². The minimum atomic E-state index is -0.394. The van der Waals surface area contributed by atoms with Gasteiger partial charge in [0.15, 0.2) is 0 Å². The minimum absolute atomic E-state index is 0.0645. The lowest BCUT2D eigenvalue weighted by Crippen LogP contribution is -2.58. The van der Waals surface area contributed by atoms with Crippen LogP contribution in [0.3, 0.4) is 0 Å². The second-order valence-corrected chi connectivity index (χ2v) is 13.6. The molecule has 5 heterocycles. The molecule has 5 aliphatic rings. The lowest BCUT2D eigenvalue weighted by molar-refractivity contribution is -0.138. The molecule has 0 radical (unpaired) electrons. The summed E-state index contributed by atoms with van der Waals surface area (Å²) in [4.78, 5) is 34.5. The topological polar surface area (TPSA) is 64.1 Å². The Balaban J connectivity index is 1.31. The van der Waals surface area contributed by atoms with Crippen LogP contribution >= 0.6 is 22.9 Å². The highest BCUT2D eigenvalue weighted by Crippen LogP contribution is 2.57. The quantitative estimate of drug-likeness (QED) is 0.272. The van der Waals surface area contributed by atoms with Crippen LogP contribution in [-0.4, -0.2) is 64.4 Å². The van der Waals surface area contributed by atoms with Crippen LogP contribution in [0.2, 0.25) is 5.02 Å². The number of nitrogens with zero attached hydrogens (tertiary/aromatic N) is 3. The molecule has 0 saturated carbocycles. The van der Waals surface area contributed by atoms with Gasteiger partial charge in [0, 0.05) is 59.7 Å². The van der Waals surface area contributed by atoms with Gasteiger partial charge in [0.05, 0.1) is 16.9 Å². The average molecular weight is 590 g/mol. The molecule has 8 rings (SSSR count). The Morgan fingerprint density at radius 2 is 1.68 bits per heavy atom. The molecule has 2 bridgehead atoms. The molecular formula is C33H36ClN3O3S. The standard InChI is InChI=1S/C33H36ClN3O3S/c1-35-32(39)28-24-17-22(7-6-16-38)27(29(28)33(35)40)31(21-12-10-20(11-13-21)18-36-14-4-5-15-36)37(24)19-26-30(34)23-8-2-3-9-25(23)41-26/h2-3,8-13,17,24,27-29,31,38H,4-7,14-16,18-19H2,1H3. The number of carbonyl (C=O) groups is 2. The Morgan fingerprint density at radius 1 is 0.951 bits per heavy atom. The molecule has 1 aliphatic carbocycles. The molecule has 3 aromatic rings. The average Bonchev–Trinajstić information content (AvgIpc) is 3.68. The van der Waals surface area contributed by atoms with Crippen LogP contribution in [0.15, 0.2) is 60.2 Å². The Kier molecular flexibility index (Phi) is 7.28. The van der Waals surface area contributed by atoms with Crippen molar-refractivity contribution in [1.82, 2.24) is 14.7 Å². The number of rotatable bonds is 8. The highest BCUT2D eigenvalue weighted by Gasteiger charge is 2.63. The van der Waals surface area contributed by atoms with E-state index in [1.165, 1.54) is 34.4 Å². The number of fused-ring (bicyclic) bond motifs is 2. The number of carbonyl (C=O) groups excluding carboxylic acids is 2. The second-order valence-electron chi connectivity index (χ2n) is 12.0. The zero-order chi connectivity index (χ0) is 28.2. The van der Waals surface area contributed by atoms with Crippen molar-refractivity contribution in [3.63, 3.8) is 0 Å². The Morgan fingerprint density at radius 3 is 2.41 bits per heavy atom. The summed E-state index contributed by atoms with van der Waals surface area (Å²) in [5.41, 5.74) is 3.67. The van der Waals surface area contributed by atoms with Gasteiger partial charge in [-0.3, -0.25) is 24.3 Å². The summed E-state index contributed by atoms with van der Waals surface area (Å²) in [5.74, 6) is -1.05. The molecular weight excluding hydrogens is 554 g/mol. The van der Waals surface area contributed by atoms with Crippen molar-refractivity contribution in [2.75, 3.05) is 26.7 Å². The normalized spacial score (nSPS) is 28.2. The highest BCUT2D eigenvalue weighted by molar-refractivity contribution is 7.19. The van der Waals surface area contributed by atoms with E-state index < -0.39 is 5.92 Å². The number of aliphatic hydroxyl groups is 1. The second kappa shape index (κ2) is 10.9. The predicted molar refractivity (Wildman–Crippen MR) is 163 cm³/mol. The Hall–Kier alpha value is -2.55. The van der Waals surface area contributed by atoms with Gasteiger partial charge in [0.1, 0.15) is 0 Å². The van der Waals surface area contributed by atoms with Gasteiger partial charge in [-0.25, -0.2) is 0 Å². The molecule has 214 valence electrons. The van der Waals surface area contributed by atoms with Gasteiger partial charge >= 0.3 is 0 Å². The molecule has 2 amide bonds. The number of thiophene rings is 1. The molecule has 8 heteroatoms. The van der Waals surface area contributed by atoms with Gasteiger partial charge in [-0.15, -0.1) is 11.3 Å². The Bertz CT molecular complexity index is 1510. The van der Waals surface area contributed by atoms with Gasteiger partial charge in [-0.05, 0) is 56.0 Å². The summed E-state index contributed by atoms with van der Waals surface area (Å²) in [6, 6.07) is 16.9. The number of hydrogen-bond donors (Lipinski definition) is 1. The summed E-state index contributed by atoms with van der Waals surface area (Å²) >= 11 is 8.67. The zero-order valence-corrected chi connectivity index (χ0v) is 24.9. The third-order valence-corrected chi connectivity index (χ3v) is 11.4. The number of hydrogen-bond acceptors (Lipinski definition) is 6. The molecule has 0 spiro atoms. The van der Waals surface area contributed by atoms with Gasteiger partial charge in [0.2, 0.25) is 11.8 Å². The molecule has 1 N–H and O–H groups in total. The van der Waals surface area contributed by atoms with E-state index >= 15 is 0 Å². The first kappa shape index (κ1) is 27.3. The summed E-state index contributed by atoms with van der Waals surface area (Å²) in [7, 11) is 1.63. The zero-order valence-electron chi connectivity index (χ0n) is 23.3. The smallest absolute Gasteiger partial charge is 0.234 e. The first-order chi connectivity index (χ1) is 20.0. The first-order valence-corrected chi connectivity index (χ1v) is 16.0. The fourth-order valence-corrected chi connectivity index (χ4v) is 9.34. The van der Waals surface area contributed by atoms with Crippen LogP contribution < -0.4 is 0 Å². The van der Waals surface area contributed by atoms with Crippen LogP contribution in [0.1, 0.15) is 47.7 Å². The maximum atomic E-state index is 13.6. The van der Waals surface area contributed by atoms with Crippen molar-refractivity contribution in [1.29, 1.82) is 0 Å². The minimum Gasteiger partial charge on any atom is -0.396 e.